The number of H-pyrrole nitrogens is 1. The first kappa shape index (κ1) is 16.9. The van der Waals surface area contributed by atoms with Crippen molar-refractivity contribution in [1.29, 1.82) is 0 Å². The number of rotatable bonds is 4. The van der Waals surface area contributed by atoms with Crippen LogP contribution < -0.4 is 0 Å². The van der Waals surface area contributed by atoms with Crippen molar-refractivity contribution < 1.29 is 0 Å². The third kappa shape index (κ3) is 3.35. The number of pyridine rings is 1. The molecule has 0 spiro atoms. The van der Waals surface area contributed by atoms with Gasteiger partial charge in [0.1, 0.15) is 0 Å². The molecule has 4 aromatic rings. The Hall–Kier alpha value is -3.24. The topological polar surface area (TPSA) is 44.8 Å². The standard InChI is InChI=1S/C24H22N4/c1-2-6-18(7-3-1)19-9-11-20(12-10-19)24-22-17-28(15-13-23(22)26-27-24)16-21-8-4-5-14-25-21/h1-12,14H,13,15-17H2,(H,26,27). The highest BCUT2D eigenvalue weighted by molar-refractivity contribution is 5.70. The Kier molecular flexibility index (Phi) is 4.47. The number of aromatic amines is 1. The van der Waals surface area contributed by atoms with E-state index in [1.165, 1.54) is 22.4 Å². The van der Waals surface area contributed by atoms with E-state index < -0.39 is 0 Å². The number of fused-ring (bicyclic) bond motifs is 1. The molecule has 4 heteroatoms. The molecule has 0 atom stereocenters. The van der Waals surface area contributed by atoms with E-state index in [0.717, 1.165) is 43.0 Å². The highest BCUT2D eigenvalue weighted by Gasteiger charge is 2.23. The molecule has 138 valence electrons. The zero-order chi connectivity index (χ0) is 18.8. The zero-order valence-electron chi connectivity index (χ0n) is 15.7. The second kappa shape index (κ2) is 7.41. The van der Waals surface area contributed by atoms with Crippen molar-refractivity contribution in [2.75, 3.05) is 6.54 Å². The molecular weight excluding hydrogens is 344 g/mol. The van der Waals surface area contributed by atoms with Crippen molar-refractivity contribution in [2.45, 2.75) is 19.5 Å². The minimum atomic E-state index is 0.873. The van der Waals surface area contributed by atoms with E-state index in [1.807, 2.05) is 18.3 Å². The maximum absolute atomic E-state index is 4.64. The van der Waals surface area contributed by atoms with Gasteiger partial charge < -0.3 is 0 Å². The SMILES string of the molecule is c1ccc(-c2ccc(-c3n[nH]c4c3CN(Cc3ccccn3)CC4)cc2)cc1. The minimum absolute atomic E-state index is 0.873. The number of benzene rings is 2. The fourth-order valence-corrected chi connectivity index (χ4v) is 3.90. The summed E-state index contributed by atoms with van der Waals surface area (Å²) in [5.74, 6) is 0. The molecule has 1 aliphatic heterocycles. The first-order valence-corrected chi connectivity index (χ1v) is 9.71. The number of hydrogen-bond donors (Lipinski definition) is 1. The molecule has 0 bridgehead atoms. The highest BCUT2D eigenvalue weighted by Crippen LogP contribution is 2.30. The van der Waals surface area contributed by atoms with Gasteiger partial charge >= 0.3 is 0 Å². The summed E-state index contributed by atoms with van der Waals surface area (Å²) in [6.07, 6.45) is 2.86. The molecule has 0 radical (unpaired) electrons. The number of hydrogen-bond acceptors (Lipinski definition) is 3. The molecule has 1 aliphatic rings. The average Bonchev–Trinajstić information content (AvgIpc) is 3.18. The van der Waals surface area contributed by atoms with Gasteiger partial charge in [0.2, 0.25) is 0 Å². The van der Waals surface area contributed by atoms with Crippen LogP contribution in [0.4, 0.5) is 0 Å². The molecule has 0 fully saturated rings. The normalized spacial score (nSPS) is 14.0. The molecule has 5 rings (SSSR count). The molecule has 0 amide bonds. The Labute approximate surface area is 164 Å². The van der Waals surface area contributed by atoms with Crippen LogP contribution in [0, 0.1) is 0 Å². The van der Waals surface area contributed by atoms with Gasteiger partial charge in [-0.1, -0.05) is 60.7 Å². The van der Waals surface area contributed by atoms with Crippen LogP contribution in [0.2, 0.25) is 0 Å². The van der Waals surface area contributed by atoms with Crippen LogP contribution in [-0.4, -0.2) is 26.6 Å². The molecule has 0 unspecified atom stereocenters. The van der Waals surface area contributed by atoms with Crippen molar-refractivity contribution in [3.63, 3.8) is 0 Å². The summed E-state index contributed by atoms with van der Waals surface area (Å²) in [4.78, 5) is 6.92. The van der Waals surface area contributed by atoms with Gasteiger partial charge in [0, 0.05) is 49.1 Å². The van der Waals surface area contributed by atoms with E-state index in [2.05, 4.69) is 80.7 Å². The number of nitrogens with one attached hydrogen (secondary N) is 1. The summed E-state index contributed by atoms with van der Waals surface area (Å²) in [6, 6.07) is 25.3. The van der Waals surface area contributed by atoms with Gasteiger partial charge in [0.15, 0.2) is 0 Å². The molecule has 0 aliphatic carbocycles. The zero-order valence-corrected chi connectivity index (χ0v) is 15.7. The Morgan fingerprint density at radius 1 is 0.821 bits per heavy atom. The van der Waals surface area contributed by atoms with Crippen LogP contribution in [-0.2, 0) is 19.5 Å². The summed E-state index contributed by atoms with van der Waals surface area (Å²) >= 11 is 0. The van der Waals surface area contributed by atoms with Crippen molar-refractivity contribution in [1.82, 2.24) is 20.1 Å². The Bertz CT molecular complexity index is 1050. The molecule has 28 heavy (non-hydrogen) atoms. The summed E-state index contributed by atoms with van der Waals surface area (Å²) in [5, 5.41) is 7.91. The van der Waals surface area contributed by atoms with Gasteiger partial charge in [-0.25, -0.2) is 0 Å². The van der Waals surface area contributed by atoms with Crippen molar-refractivity contribution in [3.05, 3.63) is 95.9 Å². The lowest BCUT2D eigenvalue weighted by Crippen LogP contribution is -2.30. The highest BCUT2D eigenvalue weighted by atomic mass is 15.2. The van der Waals surface area contributed by atoms with E-state index in [-0.39, 0.29) is 0 Å². The van der Waals surface area contributed by atoms with E-state index in [0.29, 0.717) is 0 Å². The largest absolute Gasteiger partial charge is 0.293 e. The summed E-state index contributed by atoms with van der Waals surface area (Å²) in [5.41, 5.74) is 8.39. The van der Waals surface area contributed by atoms with Gasteiger partial charge in [-0.3, -0.25) is 15.0 Å². The van der Waals surface area contributed by atoms with Crippen LogP contribution in [0.1, 0.15) is 17.0 Å². The van der Waals surface area contributed by atoms with Crippen LogP contribution in [0.15, 0.2) is 79.0 Å². The van der Waals surface area contributed by atoms with Gasteiger partial charge in [-0.05, 0) is 23.3 Å². The molecule has 0 saturated heterocycles. The van der Waals surface area contributed by atoms with Crippen LogP contribution in [0.25, 0.3) is 22.4 Å². The van der Waals surface area contributed by atoms with Gasteiger partial charge in [0.25, 0.3) is 0 Å². The second-order valence-corrected chi connectivity index (χ2v) is 7.25. The van der Waals surface area contributed by atoms with Crippen LogP contribution in [0.5, 0.6) is 0 Å². The maximum atomic E-state index is 4.64. The summed E-state index contributed by atoms with van der Waals surface area (Å²) < 4.78 is 0. The third-order valence-corrected chi connectivity index (χ3v) is 5.39. The monoisotopic (exact) mass is 366 g/mol. The van der Waals surface area contributed by atoms with Crippen molar-refractivity contribution in [2.24, 2.45) is 0 Å². The summed E-state index contributed by atoms with van der Waals surface area (Å²) in [6.45, 7) is 2.80. The predicted molar refractivity (Wildman–Crippen MR) is 112 cm³/mol. The second-order valence-electron chi connectivity index (χ2n) is 7.25. The lowest BCUT2D eigenvalue weighted by molar-refractivity contribution is 0.242. The number of nitrogens with zero attached hydrogens (tertiary/aromatic N) is 3. The van der Waals surface area contributed by atoms with Crippen molar-refractivity contribution in [3.8, 4) is 22.4 Å². The van der Waals surface area contributed by atoms with Crippen LogP contribution >= 0.6 is 0 Å². The van der Waals surface area contributed by atoms with Gasteiger partial charge in [-0.15, -0.1) is 0 Å². The molecule has 2 aromatic heterocycles. The average molecular weight is 366 g/mol. The molecule has 1 N–H and O–H groups in total. The van der Waals surface area contributed by atoms with E-state index in [9.17, 15) is 0 Å². The molecular formula is C24H22N4. The fourth-order valence-electron chi connectivity index (χ4n) is 3.90. The van der Waals surface area contributed by atoms with Crippen molar-refractivity contribution >= 4 is 0 Å². The van der Waals surface area contributed by atoms with Crippen LogP contribution in [0.3, 0.4) is 0 Å². The molecule has 2 aromatic carbocycles. The Morgan fingerprint density at radius 3 is 2.36 bits per heavy atom. The quantitative estimate of drug-likeness (QED) is 0.569. The molecule has 3 heterocycles. The molecule has 0 saturated carbocycles. The van der Waals surface area contributed by atoms with E-state index in [1.54, 1.807) is 0 Å². The minimum Gasteiger partial charge on any atom is -0.293 e. The fraction of sp³-hybridized carbons (Fsp3) is 0.167. The third-order valence-electron chi connectivity index (χ3n) is 5.39. The van der Waals surface area contributed by atoms with Gasteiger partial charge in [0.05, 0.1) is 11.4 Å². The lowest BCUT2D eigenvalue weighted by atomic mass is 9.98. The van der Waals surface area contributed by atoms with E-state index in [4.69, 9.17) is 0 Å². The maximum Gasteiger partial charge on any atom is 0.0968 e. The van der Waals surface area contributed by atoms with Gasteiger partial charge in [-0.2, -0.15) is 5.10 Å². The number of aromatic nitrogens is 3. The first-order chi connectivity index (χ1) is 13.9. The summed E-state index contributed by atoms with van der Waals surface area (Å²) in [7, 11) is 0. The predicted octanol–water partition coefficient (Wildman–Crippen LogP) is 4.70. The Morgan fingerprint density at radius 2 is 1.57 bits per heavy atom. The van der Waals surface area contributed by atoms with E-state index >= 15 is 0 Å². The lowest BCUT2D eigenvalue weighted by Gasteiger charge is -2.26. The Balaban J connectivity index is 1.39. The first-order valence-electron chi connectivity index (χ1n) is 9.71. The smallest absolute Gasteiger partial charge is 0.0968 e. The molecule has 4 nitrogen and oxygen atoms in total.